The van der Waals surface area contributed by atoms with E-state index in [0.29, 0.717) is 29.7 Å². The van der Waals surface area contributed by atoms with E-state index in [2.05, 4.69) is 17.0 Å². The lowest BCUT2D eigenvalue weighted by molar-refractivity contribution is -0.124. The molecule has 144 valence electrons. The van der Waals surface area contributed by atoms with Crippen molar-refractivity contribution in [2.75, 3.05) is 13.1 Å². The Balaban J connectivity index is 1.44. The average molecular weight is 378 g/mol. The van der Waals surface area contributed by atoms with E-state index in [9.17, 15) is 9.59 Å². The molecule has 2 aromatic rings. The van der Waals surface area contributed by atoms with Gasteiger partial charge < -0.3 is 4.74 Å². The lowest BCUT2D eigenvalue weighted by Crippen LogP contribution is -2.50. The molecule has 0 saturated carbocycles. The Morgan fingerprint density at radius 2 is 1.93 bits per heavy atom. The smallest absolute Gasteiger partial charge is 0.267 e. The molecule has 2 aliphatic rings. The number of ketones is 1. The fourth-order valence-electron chi connectivity index (χ4n) is 3.87. The van der Waals surface area contributed by atoms with Gasteiger partial charge in [0.1, 0.15) is 5.75 Å². The highest BCUT2D eigenvalue weighted by Gasteiger charge is 2.49. The normalized spacial score (nSPS) is 18.2. The summed E-state index contributed by atoms with van der Waals surface area (Å²) >= 11 is 0. The molecule has 2 N–H and O–H groups in total. The third kappa shape index (κ3) is 3.56. The third-order valence-electron chi connectivity index (χ3n) is 5.42. The molecule has 2 aromatic carbocycles. The Labute approximate surface area is 163 Å². The molecule has 28 heavy (non-hydrogen) atoms. The summed E-state index contributed by atoms with van der Waals surface area (Å²) in [6, 6.07) is 15.6. The Bertz CT molecular complexity index is 915. The van der Waals surface area contributed by atoms with Crippen LogP contribution in [0.5, 0.6) is 5.75 Å². The molecule has 1 fully saturated rings. The molecule has 0 aromatic heterocycles. The molecule has 2 aliphatic heterocycles. The predicted molar refractivity (Wildman–Crippen MR) is 104 cm³/mol. The number of benzene rings is 2. The maximum atomic E-state index is 13.1. The van der Waals surface area contributed by atoms with Gasteiger partial charge in [-0.2, -0.15) is 0 Å². The Morgan fingerprint density at radius 3 is 2.64 bits per heavy atom. The first-order chi connectivity index (χ1) is 13.6. The molecule has 6 nitrogen and oxygen atoms in total. The largest absolute Gasteiger partial charge is 0.478 e. The zero-order valence-electron chi connectivity index (χ0n) is 15.4. The van der Waals surface area contributed by atoms with Crippen LogP contribution in [0.15, 0.2) is 54.6 Å². The van der Waals surface area contributed by atoms with E-state index in [1.54, 1.807) is 29.8 Å². The molecule has 2 heterocycles. The van der Waals surface area contributed by atoms with E-state index in [-0.39, 0.29) is 5.78 Å². The number of ether oxygens (including phenoxy) is 1. The van der Waals surface area contributed by atoms with Gasteiger partial charge in [0.15, 0.2) is 5.60 Å². The second-order valence-corrected chi connectivity index (χ2v) is 7.25. The van der Waals surface area contributed by atoms with Crippen LogP contribution in [0.4, 0.5) is 0 Å². The number of nitrogens with zero attached hydrogens (tertiary/aromatic N) is 1. The number of likely N-dealkylation sites (tertiary alicyclic amines) is 1. The van der Waals surface area contributed by atoms with Gasteiger partial charge in [-0.05, 0) is 29.3 Å². The number of hydrogen-bond acceptors (Lipinski definition) is 5. The lowest BCUT2D eigenvalue weighted by Gasteiger charge is -2.37. The Morgan fingerprint density at radius 1 is 1.18 bits per heavy atom. The average Bonchev–Trinajstić information content (AvgIpc) is 3.00. The van der Waals surface area contributed by atoms with Crippen molar-refractivity contribution in [3.63, 3.8) is 0 Å². The van der Waals surface area contributed by atoms with E-state index in [1.165, 1.54) is 11.6 Å². The third-order valence-corrected chi connectivity index (χ3v) is 5.42. The van der Waals surface area contributed by atoms with Crippen molar-refractivity contribution >= 4 is 17.8 Å². The molecule has 4 rings (SSSR count). The summed E-state index contributed by atoms with van der Waals surface area (Å²) in [5.41, 5.74) is 3.30. The van der Waals surface area contributed by atoms with Gasteiger partial charge in [0.05, 0.1) is 5.56 Å². The molecular formula is C22H22N2O4. The molecule has 1 saturated heterocycles. The second kappa shape index (κ2) is 7.58. The van der Waals surface area contributed by atoms with Gasteiger partial charge in [0, 0.05) is 38.6 Å². The fourth-order valence-corrected chi connectivity index (χ4v) is 3.87. The first kappa shape index (κ1) is 18.4. The standard InChI is InChI=1S/C22H22N2O4/c25-20(23-27)9-7-16-6-8-19-18(14-16)21(26)22(28-19)10-12-24(13-11-22)15-17-4-2-1-3-5-17/h1-9,14,27H,10-13,15H2,(H,23,25). The maximum Gasteiger partial charge on any atom is 0.267 e. The zero-order valence-corrected chi connectivity index (χ0v) is 15.4. The number of piperidine rings is 1. The topological polar surface area (TPSA) is 78.9 Å². The quantitative estimate of drug-likeness (QED) is 0.486. The Hall–Kier alpha value is -2.96. The van der Waals surface area contributed by atoms with E-state index in [1.807, 2.05) is 18.2 Å². The number of rotatable bonds is 4. The first-order valence-corrected chi connectivity index (χ1v) is 9.36. The molecule has 1 amide bonds. The molecule has 0 bridgehead atoms. The molecule has 0 unspecified atom stereocenters. The monoisotopic (exact) mass is 378 g/mol. The number of hydrogen-bond donors (Lipinski definition) is 2. The maximum absolute atomic E-state index is 13.1. The molecule has 0 atom stereocenters. The van der Waals surface area contributed by atoms with Crippen LogP contribution in [-0.4, -0.2) is 40.5 Å². The van der Waals surface area contributed by atoms with Gasteiger partial charge in [-0.15, -0.1) is 0 Å². The fraction of sp³-hybridized carbons (Fsp3) is 0.273. The van der Waals surface area contributed by atoms with Gasteiger partial charge in [-0.25, -0.2) is 5.48 Å². The van der Waals surface area contributed by atoms with Crippen molar-refractivity contribution in [1.29, 1.82) is 0 Å². The SMILES string of the molecule is O=C(C=Cc1ccc2c(c1)C(=O)C1(CCN(Cc3ccccc3)CC1)O2)NO. The molecule has 0 aliphatic carbocycles. The minimum absolute atomic E-state index is 0.0173. The zero-order chi connectivity index (χ0) is 19.6. The van der Waals surface area contributed by atoms with Crippen LogP contribution in [0.2, 0.25) is 0 Å². The van der Waals surface area contributed by atoms with Crippen molar-refractivity contribution in [3.8, 4) is 5.75 Å². The number of nitrogens with one attached hydrogen (secondary N) is 1. The number of amides is 1. The van der Waals surface area contributed by atoms with Gasteiger partial charge in [-0.3, -0.25) is 19.7 Å². The number of carbonyl (C=O) groups is 2. The van der Waals surface area contributed by atoms with E-state index >= 15 is 0 Å². The van der Waals surface area contributed by atoms with Crippen molar-refractivity contribution in [3.05, 3.63) is 71.3 Å². The summed E-state index contributed by atoms with van der Waals surface area (Å²) < 4.78 is 6.13. The first-order valence-electron chi connectivity index (χ1n) is 9.36. The summed E-state index contributed by atoms with van der Waals surface area (Å²) in [4.78, 5) is 26.6. The van der Waals surface area contributed by atoms with Crippen LogP contribution in [0.1, 0.15) is 34.3 Å². The van der Waals surface area contributed by atoms with Crippen LogP contribution in [0, 0.1) is 0 Å². The van der Waals surface area contributed by atoms with E-state index < -0.39 is 11.5 Å². The van der Waals surface area contributed by atoms with Crippen LogP contribution in [0.3, 0.4) is 0 Å². The molecular weight excluding hydrogens is 356 g/mol. The van der Waals surface area contributed by atoms with Crippen molar-refractivity contribution in [1.82, 2.24) is 10.4 Å². The summed E-state index contributed by atoms with van der Waals surface area (Å²) in [6.07, 6.45) is 4.07. The second-order valence-electron chi connectivity index (χ2n) is 7.25. The van der Waals surface area contributed by atoms with Crippen LogP contribution < -0.4 is 10.2 Å². The number of carbonyl (C=O) groups excluding carboxylic acids is 2. The van der Waals surface area contributed by atoms with E-state index in [4.69, 9.17) is 9.94 Å². The van der Waals surface area contributed by atoms with Crippen molar-refractivity contribution in [2.24, 2.45) is 0 Å². The van der Waals surface area contributed by atoms with Gasteiger partial charge in [-0.1, -0.05) is 36.4 Å². The highest BCUT2D eigenvalue weighted by Crippen LogP contribution is 2.41. The van der Waals surface area contributed by atoms with Crippen molar-refractivity contribution < 1.29 is 19.5 Å². The van der Waals surface area contributed by atoms with Gasteiger partial charge in [0.25, 0.3) is 5.91 Å². The van der Waals surface area contributed by atoms with Crippen LogP contribution >= 0.6 is 0 Å². The van der Waals surface area contributed by atoms with Crippen LogP contribution in [0.25, 0.3) is 6.08 Å². The Kier molecular flexibility index (Phi) is 4.98. The number of fused-ring (bicyclic) bond motifs is 1. The van der Waals surface area contributed by atoms with Gasteiger partial charge >= 0.3 is 0 Å². The minimum Gasteiger partial charge on any atom is -0.478 e. The number of Topliss-reactive ketones (excluding diaryl/α,β-unsaturated/α-hetero) is 1. The predicted octanol–water partition coefficient (Wildman–Crippen LogP) is 2.82. The minimum atomic E-state index is -0.777. The highest BCUT2D eigenvalue weighted by molar-refractivity contribution is 6.08. The molecule has 1 spiro atoms. The van der Waals surface area contributed by atoms with Crippen molar-refractivity contribution in [2.45, 2.75) is 25.0 Å². The summed E-state index contributed by atoms with van der Waals surface area (Å²) in [7, 11) is 0. The summed E-state index contributed by atoms with van der Waals surface area (Å²) in [5, 5.41) is 8.56. The van der Waals surface area contributed by atoms with Gasteiger partial charge in [0.2, 0.25) is 5.78 Å². The summed E-state index contributed by atoms with van der Waals surface area (Å²) in [6.45, 7) is 2.48. The lowest BCUT2D eigenvalue weighted by atomic mass is 9.85. The van der Waals surface area contributed by atoms with E-state index in [0.717, 1.165) is 19.6 Å². The summed E-state index contributed by atoms with van der Waals surface area (Å²) in [5.74, 6) is -0.000627. The molecule has 0 radical (unpaired) electrons. The molecule has 6 heteroatoms. The number of hydroxylamine groups is 1. The van der Waals surface area contributed by atoms with Crippen LogP contribution in [-0.2, 0) is 11.3 Å². The highest BCUT2D eigenvalue weighted by atomic mass is 16.5.